The molecule has 3 nitrogen and oxygen atoms in total. The largest absolute Gasteiger partial charge is 0.314 e. The molecule has 0 amide bonds. The van der Waals surface area contributed by atoms with E-state index in [4.69, 9.17) is 0 Å². The molecule has 1 aromatic rings. The fraction of sp³-hybridized carbons (Fsp3) is 0.600. The van der Waals surface area contributed by atoms with Crippen LogP contribution in [0.4, 0.5) is 0 Å². The van der Waals surface area contributed by atoms with Gasteiger partial charge in [0.2, 0.25) is 0 Å². The molecule has 0 aliphatic carbocycles. The molecule has 0 saturated heterocycles. The molecule has 0 aromatic carbocycles. The van der Waals surface area contributed by atoms with E-state index < -0.39 is 0 Å². The van der Waals surface area contributed by atoms with Crippen LogP contribution < -0.4 is 5.32 Å². The molecule has 0 fully saturated rings. The maximum atomic E-state index is 4.06. The standard InChI is InChI=1S/C10H17N3/c1-3-9(11-4-2)8-10-6-5-7-12-13-10/h5-7,9,11H,3-4,8H2,1-2H3. The van der Waals surface area contributed by atoms with E-state index >= 15 is 0 Å². The van der Waals surface area contributed by atoms with Crippen molar-refractivity contribution in [2.24, 2.45) is 0 Å². The summed E-state index contributed by atoms with van der Waals surface area (Å²) in [6.07, 6.45) is 3.81. The summed E-state index contributed by atoms with van der Waals surface area (Å²) >= 11 is 0. The van der Waals surface area contributed by atoms with Crippen molar-refractivity contribution in [1.29, 1.82) is 0 Å². The molecule has 72 valence electrons. The molecular weight excluding hydrogens is 162 g/mol. The Hall–Kier alpha value is -0.960. The maximum absolute atomic E-state index is 4.06. The first-order chi connectivity index (χ1) is 6.36. The van der Waals surface area contributed by atoms with Crippen molar-refractivity contribution < 1.29 is 0 Å². The molecule has 1 aromatic heterocycles. The van der Waals surface area contributed by atoms with Gasteiger partial charge in [0, 0.05) is 18.7 Å². The molecule has 0 saturated carbocycles. The molecule has 1 unspecified atom stereocenters. The Kier molecular flexibility index (Phi) is 4.40. The van der Waals surface area contributed by atoms with E-state index in [-0.39, 0.29) is 0 Å². The van der Waals surface area contributed by atoms with Gasteiger partial charge >= 0.3 is 0 Å². The third-order valence-corrected chi connectivity index (χ3v) is 2.07. The summed E-state index contributed by atoms with van der Waals surface area (Å²) in [6.45, 7) is 5.32. The Labute approximate surface area is 79.6 Å². The minimum atomic E-state index is 0.529. The Morgan fingerprint density at radius 3 is 2.85 bits per heavy atom. The highest BCUT2D eigenvalue weighted by atomic mass is 15.1. The van der Waals surface area contributed by atoms with Crippen molar-refractivity contribution in [3.8, 4) is 0 Å². The van der Waals surface area contributed by atoms with Crippen LogP contribution in [0.2, 0.25) is 0 Å². The lowest BCUT2D eigenvalue weighted by Gasteiger charge is -2.14. The molecule has 0 aliphatic heterocycles. The highest BCUT2D eigenvalue weighted by molar-refractivity contribution is 5.01. The molecule has 1 atom stereocenters. The summed E-state index contributed by atoms with van der Waals surface area (Å²) < 4.78 is 0. The van der Waals surface area contributed by atoms with Crippen molar-refractivity contribution in [1.82, 2.24) is 15.5 Å². The zero-order valence-electron chi connectivity index (χ0n) is 8.33. The van der Waals surface area contributed by atoms with Gasteiger partial charge in [0.05, 0.1) is 5.69 Å². The van der Waals surface area contributed by atoms with Gasteiger partial charge in [0.15, 0.2) is 0 Å². The van der Waals surface area contributed by atoms with E-state index in [1.807, 2.05) is 12.1 Å². The van der Waals surface area contributed by atoms with Crippen LogP contribution in [0.1, 0.15) is 26.0 Å². The van der Waals surface area contributed by atoms with Crippen LogP contribution in [-0.2, 0) is 6.42 Å². The summed E-state index contributed by atoms with van der Waals surface area (Å²) in [7, 11) is 0. The normalized spacial score (nSPS) is 12.8. The van der Waals surface area contributed by atoms with Crippen LogP contribution in [0.15, 0.2) is 18.3 Å². The number of aromatic nitrogens is 2. The second kappa shape index (κ2) is 5.65. The Bertz CT molecular complexity index is 223. The first-order valence-electron chi connectivity index (χ1n) is 4.86. The number of nitrogens with one attached hydrogen (secondary N) is 1. The second-order valence-corrected chi connectivity index (χ2v) is 3.08. The van der Waals surface area contributed by atoms with E-state index in [9.17, 15) is 0 Å². The van der Waals surface area contributed by atoms with Crippen molar-refractivity contribution in [2.45, 2.75) is 32.7 Å². The van der Waals surface area contributed by atoms with E-state index in [1.54, 1.807) is 6.20 Å². The predicted molar refractivity (Wildman–Crippen MR) is 53.5 cm³/mol. The molecule has 13 heavy (non-hydrogen) atoms. The Morgan fingerprint density at radius 1 is 1.46 bits per heavy atom. The fourth-order valence-electron chi connectivity index (χ4n) is 1.34. The van der Waals surface area contributed by atoms with Crippen molar-refractivity contribution in [3.05, 3.63) is 24.0 Å². The van der Waals surface area contributed by atoms with E-state index in [0.717, 1.165) is 25.1 Å². The van der Waals surface area contributed by atoms with Gasteiger partial charge < -0.3 is 5.32 Å². The highest BCUT2D eigenvalue weighted by Gasteiger charge is 2.05. The smallest absolute Gasteiger partial charge is 0.0646 e. The fourth-order valence-corrected chi connectivity index (χ4v) is 1.34. The summed E-state index contributed by atoms with van der Waals surface area (Å²) in [5, 5.41) is 11.3. The van der Waals surface area contributed by atoms with Crippen molar-refractivity contribution in [2.75, 3.05) is 6.54 Å². The Balaban J connectivity index is 2.46. The van der Waals surface area contributed by atoms with E-state index in [1.165, 1.54) is 0 Å². The molecule has 0 spiro atoms. The first kappa shape index (κ1) is 10.1. The second-order valence-electron chi connectivity index (χ2n) is 3.08. The molecule has 0 aliphatic rings. The van der Waals surface area contributed by atoms with Crippen LogP contribution in [0.25, 0.3) is 0 Å². The Morgan fingerprint density at radius 2 is 2.31 bits per heavy atom. The average Bonchev–Trinajstić information content (AvgIpc) is 2.19. The van der Waals surface area contributed by atoms with Crippen LogP contribution in [-0.4, -0.2) is 22.8 Å². The van der Waals surface area contributed by atoms with Crippen LogP contribution in [0.5, 0.6) is 0 Å². The van der Waals surface area contributed by atoms with Crippen LogP contribution in [0, 0.1) is 0 Å². The highest BCUT2D eigenvalue weighted by Crippen LogP contribution is 2.00. The lowest BCUT2D eigenvalue weighted by molar-refractivity contribution is 0.503. The number of likely N-dealkylation sites (N-methyl/N-ethyl adjacent to an activating group) is 1. The number of hydrogen-bond donors (Lipinski definition) is 1. The summed E-state index contributed by atoms with van der Waals surface area (Å²) in [5.41, 5.74) is 1.07. The lowest BCUT2D eigenvalue weighted by Crippen LogP contribution is -2.30. The lowest BCUT2D eigenvalue weighted by atomic mass is 10.1. The van der Waals surface area contributed by atoms with Crippen molar-refractivity contribution >= 4 is 0 Å². The number of nitrogens with zero attached hydrogens (tertiary/aromatic N) is 2. The van der Waals surface area contributed by atoms with Crippen LogP contribution in [0.3, 0.4) is 0 Å². The SMILES string of the molecule is CCNC(CC)Cc1cccnn1. The molecule has 0 bridgehead atoms. The van der Waals surface area contributed by atoms with Gasteiger partial charge in [-0.05, 0) is 25.1 Å². The third kappa shape index (κ3) is 3.51. The zero-order chi connectivity index (χ0) is 9.52. The number of rotatable bonds is 5. The minimum Gasteiger partial charge on any atom is -0.314 e. The molecule has 1 heterocycles. The maximum Gasteiger partial charge on any atom is 0.0646 e. The van der Waals surface area contributed by atoms with Gasteiger partial charge in [0.25, 0.3) is 0 Å². The minimum absolute atomic E-state index is 0.529. The van der Waals surface area contributed by atoms with Crippen molar-refractivity contribution in [3.63, 3.8) is 0 Å². The van der Waals surface area contributed by atoms with Crippen LogP contribution >= 0.6 is 0 Å². The number of hydrogen-bond acceptors (Lipinski definition) is 3. The molecule has 3 heteroatoms. The van der Waals surface area contributed by atoms with Gasteiger partial charge in [-0.3, -0.25) is 0 Å². The average molecular weight is 179 g/mol. The van der Waals surface area contributed by atoms with E-state index in [2.05, 4.69) is 29.4 Å². The molecular formula is C10H17N3. The quantitative estimate of drug-likeness (QED) is 0.742. The predicted octanol–water partition coefficient (Wildman–Crippen LogP) is 1.41. The summed E-state index contributed by atoms with van der Waals surface area (Å²) in [5.74, 6) is 0. The first-order valence-corrected chi connectivity index (χ1v) is 4.86. The van der Waals surface area contributed by atoms with E-state index in [0.29, 0.717) is 6.04 Å². The van der Waals surface area contributed by atoms with Gasteiger partial charge in [-0.25, -0.2) is 0 Å². The summed E-state index contributed by atoms with van der Waals surface area (Å²) in [6, 6.07) is 4.48. The topological polar surface area (TPSA) is 37.8 Å². The third-order valence-electron chi connectivity index (χ3n) is 2.07. The summed E-state index contributed by atoms with van der Waals surface area (Å²) in [4.78, 5) is 0. The zero-order valence-corrected chi connectivity index (χ0v) is 8.33. The van der Waals surface area contributed by atoms with Gasteiger partial charge in [-0.1, -0.05) is 13.8 Å². The monoisotopic (exact) mass is 179 g/mol. The van der Waals surface area contributed by atoms with Gasteiger partial charge in [0.1, 0.15) is 0 Å². The molecule has 0 radical (unpaired) electrons. The van der Waals surface area contributed by atoms with Gasteiger partial charge in [-0.15, -0.1) is 0 Å². The van der Waals surface area contributed by atoms with Gasteiger partial charge in [-0.2, -0.15) is 10.2 Å². The molecule has 1 N–H and O–H groups in total. The molecule has 1 rings (SSSR count).